The van der Waals surface area contributed by atoms with E-state index < -0.39 is 0 Å². The summed E-state index contributed by atoms with van der Waals surface area (Å²) in [4.78, 5) is 12.5. The summed E-state index contributed by atoms with van der Waals surface area (Å²) in [6.07, 6.45) is 3.72. The van der Waals surface area contributed by atoms with Gasteiger partial charge in [-0.3, -0.25) is 0 Å². The highest BCUT2D eigenvalue weighted by Crippen LogP contribution is 2.46. The third kappa shape index (κ3) is 3.32. The van der Waals surface area contributed by atoms with Gasteiger partial charge in [-0.25, -0.2) is 4.79 Å². The van der Waals surface area contributed by atoms with Gasteiger partial charge in [0, 0.05) is 5.57 Å². The molecule has 0 aromatic heterocycles. The Morgan fingerprint density at radius 1 is 1.25 bits per heavy atom. The zero-order valence-electron chi connectivity index (χ0n) is 15.0. The van der Waals surface area contributed by atoms with Crippen molar-refractivity contribution >= 4 is 5.97 Å². The molecule has 3 rings (SSSR count). The lowest BCUT2D eigenvalue weighted by molar-refractivity contribution is 0.0288. The SMILES string of the molecule is CC(C)=C[C@H]1OCC2=C1[C@@H](OC(=O)c1ccccc1)CCC2(C)C. The highest BCUT2D eigenvalue weighted by atomic mass is 16.5. The number of rotatable bonds is 3. The van der Waals surface area contributed by atoms with Gasteiger partial charge in [-0.1, -0.05) is 43.7 Å². The predicted octanol–water partition coefficient (Wildman–Crippen LogP) is 4.69. The number of ether oxygens (including phenoxy) is 2. The highest BCUT2D eigenvalue weighted by Gasteiger charge is 2.43. The lowest BCUT2D eigenvalue weighted by Gasteiger charge is -2.36. The van der Waals surface area contributed by atoms with Gasteiger partial charge in [-0.15, -0.1) is 0 Å². The molecule has 0 unspecified atom stereocenters. The van der Waals surface area contributed by atoms with E-state index >= 15 is 0 Å². The van der Waals surface area contributed by atoms with E-state index in [4.69, 9.17) is 9.47 Å². The summed E-state index contributed by atoms with van der Waals surface area (Å²) < 4.78 is 11.9. The molecule has 2 aliphatic rings. The summed E-state index contributed by atoms with van der Waals surface area (Å²) in [6, 6.07) is 9.20. The van der Waals surface area contributed by atoms with Crippen molar-refractivity contribution in [2.75, 3.05) is 6.61 Å². The second kappa shape index (κ2) is 6.56. The minimum Gasteiger partial charge on any atom is -0.454 e. The number of carbonyl (C=O) groups excluding carboxylic acids is 1. The van der Waals surface area contributed by atoms with Crippen molar-refractivity contribution in [3.8, 4) is 0 Å². The van der Waals surface area contributed by atoms with Crippen LogP contribution in [0.2, 0.25) is 0 Å². The average molecular weight is 326 g/mol. The van der Waals surface area contributed by atoms with E-state index in [2.05, 4.69) is 33.8 Å². The number of allylic oxidation sites excluding steroid dienone is 1. The summed E-state index contributed by atoms with van der Waals surface area (Å²) in [6.45, 7) is 9.29. The molecular formula is C21H26O3. The third-order valence-corrected chi connectivity index (χ3v) is 5.00. The zero-order valence-corrected chi connectivity index (χ0v) is 15.0. The molecule has 0 spiro atoms. The van der Waals surface area contributed by atoms with Crippen molar-refractivity contribution in [2.24, 2.45) is 5.41 Å². The van der Waals surface area contributed by atoms with Crippen LogP contribution in [-0.2, 0) is 9.47 Å². The van der Waals surface area contributed by atoms with E-state index in [-0.39, 0.29) is 23.6 Å². The summed E-state index contributed by atoms with van der Waals surface area (Å²) in [5.41, 5.74) is 4.39. The molecule has 0 fully saturated rings. The molecule has 1 aromatic carbocycles. The lowest BCUT2D eigenvalue weighted by atomic mass is 9.71. The molecule has 24 heavy (non-hydrogen) atoms. The molecule has 1 aliphatic carbocycles. The lowest BCUT2D eigenvalue weighted by Crippen LogP contribution is -2.33. The van der Waals surface area contributed by atoms with E-state index in [0.29, 0.717) is 12.2 Å². The summed E-state index contributed by atoms with van der Waals surface area (Å²) in [5, 5.41) is 0. The van der Waals surface area contributed by atoms with E-state index in [0.717, 1.165) is 18.4 Å². The first-order valence-electron chi connectivity index (χ1n) is 8.64. The van der Waals surface area contributed by atoms with Crippen molar-refractivity contribution in [1.82, 2.24) is 0 Å². The van der Waals surface area contributed by atoms with Crippen LogP contribution in [0.25, 0.3) is 0 Å². The first kappa shape index (κ1) is 17.0. The minimum absolute atomic E-state index is 0.0712. The number of esters is 1. The molecule has 3 heteroatoms. The Bertz CT molecular complexity index is 678. The molecular weight excluding hydrogens is 300 g/mol. The van der Waals surface area contributed by atoms with E-state index in [1.54, 1.807) is 12.1 Å². The number of carbonyl (C=O) groups is 1. The van der Waals surface area contributed by atoms with Gasteiger partial charge in [-0.2, -0.15) is 0 Å². The topological polar surface area (TPSA) is 35.5 Å². The van der Waals surface area contributed by atoms with Crippen molar-refractivity contribution in [1.29, 1.82) is 0 Å². The molecule has 1 heterocycles. The van der Waals surface area contributed by atoms with Gasteiger partial charge in [0.2, 0.25) is 0 Å². The van der Waals surface area contributed by atoms with E-state index in [9.17, 15) is 4.79 Å². The average Bonchev–Trinajstić information content (AvgIpc) is 2.96. The van der Waals surface area contributed by atoms with Crippen LogP contribution in [0.3, 0.4) is 0 Å². The molecule has 0 saturated carbocycles. The largest absolute Gasteiger partial charge is 0.454 e. The maximum absolute atomic E-state index is 12.5. The van der Waals surface area contributed by atoms with Crippen LogP contribution in [0.5, 0.6) is 0 Å². The maximum Gasteiger partial charge on any atom is 0.338 e. The molecule has 128 valence electrons. The Hall–Kier alpha value is -1.87. The van der Waals surface area contributed by atoms with Crippen LogP contribution in [0.15, 0.2) is 53.1 Å². The number of benzene rings is 1. The Kier molecular flexibility index (Phi) is 4.64. The Morgan fingerprint density at radius 3 is 2.62 bits per heavy atom. The second-order valence-electron chi connectivity index (χ2n) is 7.59. The third-order valence-electron chi connectivity index (χ3n) is 5.00. The van der Waals surface area contributed by atoms with Crippen LogP contribution >= 0.6 is 0 Å². The van der Waals surface area contributed by atoms with Gasteiger partial charge in [-0.05, 0) is 49.8 Å². The van der Waals surface area contributed by atoms with Crippen LogP contribution in [-0.4, -0.2) is 24.8 Å². The highest BCUT2D eigenvalue weighted by molar-refractivity contribution is 5.89. The summed E-state index contributed by atoms with van der Waals surface area (Å²) in [7, 11) is 0. The smallest absolute Gasteiger partial charge is 0.338 e. The van der Waals surface area contributed by atoms with Gasteiger partial charge in [0.15, 0.2) is 0 Å². The van der Waals surface area contributed by atoms with Crippen LogP contribution < -0.4 is 0 Å². The predicted molar refractivity (Wildman–Crippen MR) is 94.9 cm³/mol. The first-order chi connectivity index (χ1) is 11.4. The number of hydrogen-bond acceptors (Lipinski definition) is 3. The molecule has 1 aliphatic heterocycles. The Balaban J connectivity index is 1.89. The van der Waals surface area contributed by atoms with Gasteiger partial charge >= 0.3 is 5.97 Å². The molecule has 0 bridgehead atoms. The summed E-state index contributed by atoms with van der Waals surface area (Å²) in [5.74, 6) is -0.255. The van der Waals surface area contributed by atoms with Gasteiger partial charge in [0.1, 0.15) is 12.2 Å². The summed E-state index contributed by atoms with van der Waals surface area (Å²) >= 11 is 0. The Morgan fingerprint density at radius 2 is 1.96 bits per heavy atom. The second-order valence-corrected chi connectivity index (χ2v) is 7.59. The van der Waals surface area contributed by atoms with Gasteiger partial charge in [0.05, 0.1) is 12.2 Å². The van der Waals surface area contributed by atoms with Crippen molar-refractivity contribution in [3.05, 3.63) is 58.7 Å². The molecule has 3 nitrogen and oxygen atoms in total. The molecule has 0 radical (unpaired) electrons. The number of hydrogen-bond donors (Lipinski definition) is 0. The van der Waals surface area contributed by atoms with Crippen molar-refractivity contribution in [2.45, 2.75) is 52.7 Å². The Labute approximate surface area is 144 Å². The van der Waals surface area contributed by atoms with E-state index in [1.165, 1.54) is 11.1 Å². The fraction of sp³-hybridized carbons (Fsp3) is 0.476. The molecule has 2 atom stereocenters. The monoisotopic (exact) mass is 326 g/mol. The molecule has 1 aromatic rings. The van der Waals surface area contributed by atoms with Gasteiger partial charge < -0.3 is 9.47 Å². The maximum atomic E-state index is 12.5. The quantitative estimate of drug-likeness (QED) is 0.597. The van der Waals surface area contributed by atoms with Crippen LogP contribution in [0.1, 0.15) is 50.9 Å². The zero-order chi connectivity index (χ0) is 17.3. The minimum atomic E-state index is -0.255. The molecule has 0 saturated heterocycles. The van der Waals surface area contributed by atoms with Crippen molar-refractivity contribution < 1.29 is 14.3 Å². The fourth-order valence-electron chi connectivity index (χ4n) is 3.61. The van der Waals surface area contributed by atoms with Crippen LogP contribution in [0.4, 0.5) is 0 Å². The standard InChI is InChI=1S/C21H26O3/c1-14(2)12-18-19-16(13-23-18)21(3,4)11-10-17(19)24-20(22)15-8-6-5-7-9-15/h5-9,12,17-18H,10-11,13H2,1-4H3/t17-,18+/m0/s1. The normalized spacial score (nSPS) is 25.2. The first-order valence-corrected chi connectivity index (χ1v) is 8.64. The molecule has 0 N–H and O–H groups in total. The van der Waals surface area contributed by atoms with E-state index in [1.807, 2.05) is 18.2 Å². The van der Waals surface area contributed by atoms with Gasteiger partial charge in [0.25, 0.3) is 0 Å². The van der Waals surface area contributed by atoms with Crippen molar-refractivity contribution in [3.63, 3.8) is 0 Å². The fourth-order valence-corrected chi connectivity index (χ4v) is 3.61. The molecule has 0 amide bonds. The van der Waals surface area contributed by atoms with Crippen LogP contribution in [0, 0.1) is 5.41 Å².